The molecule has 0 heterocycles. The zero-order valence-corrected chi connectivity index (χ0v) is 12.6. The lowest BCUT2D eigenvalue weighted by molar-refractivity contribution is 0.0953. The van der Waals surface area contributed by atoms with Gasteiger partial charge >= 0.3 is 0 Å². The second kappa shape index (κ2) is 7.78. The van der Waals surface area contributed by atoms with Crippen molar-refractivity contribution in [1.29, 1.82) is 0 Å². The number of nitrogen functional groups attached to an aromatic ring is 1. The highest BCUT2D eigenvalue weighted by Crippen LogP contribution is 2.26. The number of rotatable bonds is 6. The minimum absolute atomic E-state index is 0.213. The SMILES string of the molecule is CC(CCO)SCc1ccc(C(=O)NN)cc1Br. The largest absolute Gasteiger partial charge is 0.396 e. The highest BCUT2D eigenvalue weighted by Gasteiger charge is 2.08. The summed E-state index contributed by atoms with van der Waals surface area (Å²) in [6, 6.07) is 5.42. The summed E-state index contributed by atoms with van der Waals surface area (Å²) in [6.07, 6.45) is 0.788. The summed E-state index contributed by atoms with van der Waals surface area (Å²) in [6.45, 7) is 2.30. The van der Waals surface area contributed by atoms with Gasteiger partial charge in [-0.3, -0.25) is 10.2 Å². The summed E-state index contributed by atoms with van der Waals surface area (Å²) in [4.78, 5) is 11.3. The van der Waals surface area contributed by atoms with Gasteiger partial charge in [0.05, 0.1) is 0 Å². The minimum Gasteiger partial charge on any atom is -0.396 e. The summed E-state index contributed by atoms with van der Waals surface area (Å²) in [5.74, 6) is 5.62. The summed E-state index contributed by atoms with van der Waals surface area (Å²) >= 11 is 5.22. The van der Waals surface area contributed by atoms with Crippen LogP contribution in [0.15, 0.2) is 22.7 Å². The van der Waals surface area contributed by atoms with E-state index in [2.05, 4.69) is 28.3 Å². The molecule has 1 amide bonds. The molecule has 4 N–H and O–H groups in total. The van der Waals surface area contributed by atoms with Gasteiger partial charge in [-0.15, -0.1) is 0 Å². The molecular formula is C12H17BrN2O2S. The Balaban J connectivity index is 2.65. The van der Waals surface area contributed by atoms with Gasteiger partial charge in [0.25, 0.3) is 5.91 Å². The lowest BCUT2D eigenvalue weighted by Gasteiger charge is -2.11. The van der Waals surface area contributed by atoms with Crippen LogP contribution in [0.3, 0.4) is 0 Å². The van der Waals surface area contributed by atoms with E-state index < -0.39 is 0 Å². The number of nitrogens with one attached hydrogen (secondary N) is 1. The number of nitrogens with two attached hydrogens (primary N) is 1. The molecule has 0 saturated carbocycles. The molecule has 0 aliphatic rings. The molecule has 18 heavy (non-hydrogen) atoms. The van der Waals surface area contributed by atoms with E-state index in [1.807, 2.05) is 6.07 Å². The first-order valence-corrected chi connectivity index (χ1v) is 7.44. The van der Waals surface area contributed by atoms with Crippen molar-refractivity contribution >= 4 is 33.6 Å². The predicted octanol–water partition coefficient (Wildman–Crippen LogP) is 2.06. The molecule has 0 spiro atoms. The highest BCUT2D eigenvalue weighted by molar-refractivity contribution is 9.10. The molecule has 0 aliphatic heterocycles. The fourth-order valence-electron chi connectivity index (χ4n) is 1.39. The molecule has 0 saturated heterocycles. The maximum Gasteiger partial charge on any atom is 0.265 e. The maximum absolute atomic E-state index is 11.3. The Kier molecular flexibility index (Phi) is 6.70. The Bertz CT molecular complexity index is 415. The van der Waals surface area contributed by atoms with Crippen LogP contribution in [-0.2, 0) is 5.75 Å². The van der Waals surface area contributed by atoms with Crippen molar-refractivity contribution in [2.45, 2.75) is 24.3 Å². The van der Waals surface area contributed by atoms with Crippen molar-refractivity contribution < 1.29 is 9.90 Å². The summed E-state index contributed by atoms with van der Waals surface area (Å²) in [5.41, 5.74) is 3.75. The van der Waals surface area contributed by atoms with Gasteiger partial charge in [0.15, 0.2) is 0 Å². The Labute approximate surface area is 119 Å². The summed E-state index contributed by atoms with van der Waals surface area (Å²) in [5, 5.41) is 9.25. The van der Waals surface area contributed by atoms with E-state index in [1.54, 1.807) is 23.9 Å². The lowest BCUT2D eigenvalue weighted by atomic mass is 10.1. The number of halogens is 1. The van der Waals surface area contributed by atoms with Crippen molar-refractivity contribution in [2.75, 3.05) is 6.61 Å². The third-order valence-electron chi connectivity index (χ3n) is 2.51. The molecule has 4 nitrogen and oxygen atoms in total. The van der Waals surface area contributed by atoms with E-state index in [9.17, 15) is 4.79 Å². The van der Waals surface area contributed by atoms with Crippen molar-refractivity contribution in [1.82, 2.24) is 5.43 Å². The fourth-order valence-corrected chi connectivity index (χ4v) is 3.08. The van der Waals surface area contributed by atoms with E-state index in [0.717, 1.165) is 22.2 Å². The smallest absolute Gasteiger partial charge is 0.265 e. The monoisotopic (exact) mass is 332 g/mol. The highest BCUT2D eigenvalue weighted by atomic mass is 79.9. The topological polar surface area (TPSA) is 75.3 Å². The average Bonchev–Trinajstić information content (AvgIpc) is 2.36. The first-order chi connectivity index (χ1) is 8.58. The van der Waals surface area contributed by atoms with Crippen LogP contribution < -0.4 is 11.3 Å². The van der Waals surface area contributed by atoms with Gasteiger partial charge in [0, 0.05) is 27.6 Å². The average molecular weight is 333 g/mol. The van der Waals surface area contributed by atoms with Gasteiger partial charge in [-0.25, -0.2) is 5.84 Å². The molecule has 1 aromatic rings. The second-order valence-corrected chi connectivity index (χ2v) is 6.19. The quantitative estimate of drug-likeness (QED) is 0.423. The third-order valence-corrected chi connectivity index (χ3v) is 4.53. The summed E-state index contributed by atoms with van der Waals surface area (Å²) < 4.78 is 0.896. The van der Waals surface area contributed by atoms with Crippen LogP contribution in [-0.4, -0.2) is 22.9 Å². The molecule has 0 aliphatic carbocycles. The normalized spacial score (nSPS) is 12.2. The molecule has 0 bridgehead atoms. The van der Waals surface area contributed by atoms with Gasteiger partial charge in [0.2, 0.25) is 0 Å². The molecule has 0 radical (unpaired) electrons. The molecule has 1 aromatic carbocycles. The number of amides is 1. The first-order valence-electron chi connectivity index (χ1n) is 5.60. The number of benzene rings is 1. The van der Waals surface area contributed by atoms with Gasteiger partial charge in [-0.2, -0.15) is 11.8 Å². The third kappa shape index (κ3) is 4.61. The molecule has 0 fully saturated rings. The van der Waals surface area contributed by atoms with Crippen LogP contribution in [0.25, 0.3) is 0 Å². The summed E-state index contributed by atoms with van der Waals surface area (Å²) in [7, 11) is 0. The van der Waals surface area contributed by atoms with Gasteiger partial charge < -0.3 is 5.11 Å². The number of aliphatic hydroxyl groups excluding tert-OH is 1. The molecule has 0 aromatic heterocycles. The van der Waals surface area contributed by atoms with E-state index >= 15 is 0 Å². The van der Waals surface area contributed by atoms with Gasteiger partial charge in [0.1, 0.15) is 0 Å². The Morgan fingerprint density at radius 2 is 2.33 bits per heavy atom. The number of hydrogen-bond acceptors (Lipinski definition) is 4. The molecule has 1 rings (SSSR count). The van der Waals surface area contributed by atoms with Crippen LogP contribution in [0.1, 0.15) is 29.3 Å². The molecule has 1 unspecified atom stereocenters. The number of carbonyl (C=O) groups excluding carboxylic acids is 1. The first kappa shape index (κ1) is 15.5. The Morgan fingerprint density at radius 1 is 1.61 bits per heavy atom. The fraction of sp³-hybridized carbons (Fsp3) is 0.417. The van der Waals surface area contributed by atoms with E-state index in [4.69, 9.17) is 10.9 Å². The standard InChI is InChI=1S/C12H17BrN2O2S/c1-8(4-5-16)18-7-10-3-2-9(6-11(10)13)12(17)15-14/h2-3,6,8,16H,4-5,7,14H2,1H3,(H,15,17). The lowest BCUT2D eigenvalue weighted by Crippen LogP contribution is -2.29. The van der Waals surface area contributed by atoms with Crippen LogP contribution in [0.5, 0.6) is 0 Å². The van der Waals surface area contributed by atoms with E-state index in [0.29, 0.717) is 10.8 Å². The van der Waals surface area contributed by atoms with Crippen LogP contribution in [0.4, 0.5) is 0 Å². The molecular weight excluding hydrogens is 316 g/mol. The zero-order chi connectivity index (χ0) is 13.5. The molecule has 1 atom stereocenters. The van der Waals surface area contributed by atoms with Crippen molar-refractivity contribution in [3.05, 3.63) is 33.8 Å². The maximum atomic E-state index is 11.3. The van der Waals surface area contributed by atoms with Gasteiger partial charge in [-0.05, 0) is 24.1 Å². The number of aliphatic hydroxyl groups is 1. The minimum atomic E-state index is -0.302. The van der Waals surface area contributed by atoms with E-state index in [-0.39, 0.29) is 12.5 Å². The van der Waals surface area contributed by atoms with Crippen molar-refractivity contribution in [3.8, 4) is 0 Å². The molecule has 100 valence electrons. The van der Waals surface area contributed by atoms with Crippen molar-refractivity contribution in [3.63, 3.8) is 0 Å². The number of carbonyl (C=O) groups is 1. The van der Waals surface area contributed by atoms with E-state index in [1.165, 1.54) is 0 Å². The van der Waals surface area contributed by atoms with Crippen molar-refractivity contribution in [2.24, 2.45) is 5.84 Å². The zero-order valence-electron chi connectivity index (χ0n) is 10.1. The second-order valence-electron chi connectivity index (χ2n) is 3.91. The number of hydrogen-bond donors (Lipinski definition) is 3. The predicted molar refractivity (Wildman–Crippen MR) is 78.3 cm³/mol. The van der Waals surface area contributed by atoms with Crippen LogP contribution >= 0.6 is 27.7 Å². The molecule has 6 heteroatoms. The Hall–Kier alpha value is -0.560. The number of hydrazine groups is 1. The Morgan fingerprint density at radius 3 is 2.89 bits per heavy atom. The van der Waals surface area contributed by atoms with Gasteiger partial charge in [-0.1, -0.05) is 28.9 Å². The van der Waals surface area contributed by atoms with Crippen LogP contribution in [0.2, 0.25) is 0 Å². The van der Waals surface area contributed by atoms with Crippen LogP contribution in [0, 0.1) is 0 Å². The number of thioether (sulfide) groups is 1.